The van der Waals surface area contributed by atoms with Crippen LogP contribution in [0.1, 0.15) is 16.1 Å². The largest absolute Gasteiger partial charge is 0.453 e. The Morgan fingerprint density at radius 1 is 0.923 bits per heavy atom. The molecule has 0 fully saturated rings. The van der Waals surface area contributed by atoms with E-state index in [0.717, 1.165) is 41.8 Å². The number of non-ortho nitro benzene ring substituents is 1. The summed E-state index contributed by atoms with van der Waals surface area (Å²) in [5, 5.41) is 12.1. The summed E-state index contributed by atoms with van der Waals surface area (Å²) in [5.41, 5.74) is -2.41. The van der Waals surface area contributed by atoms with E-state index in [1.807, 2.05) is 6.07 Å². The zero-order valence-electron chi connectivity index (χ0n) is 19.3. The Morgan fingerprint density at radius 3 is 2.36 bits per heavy atom. The van der Waals surface area contributed by atoms with Crippen molar-refractivity contribution in [2.45, 2.75) is 6.18 Å². The second-order valence-corrected chi connectivity index (χ2v) is 8.57. The van der Waals surface area contributed by atoms with E-state index in [4.69, 9.17) is 25.5 Å². The second-order valence-electron chi connectivity index (χ2n) is 8.17. The standard InChI is InChI=1S/C27H13ClF3NO7/c28-21-10-6-16(32(35)36)12-20(21)26(34)38-18-8-9-19-22(13-18)39-25(27(29,30)31)24(23(19)33)37-17-7-5-14-3-1-2-4-15(14)11-17/h1-13H. The fraction of sp³-hybridized carbons (Fsp3) is 0.0370. The quantitative estimate of drug-likeness (QED) is 0.0953. The van der Waals surface area contributed by atoms with Gasteiger partial charge < -0.3 is 13.9 Å². The van der Waals surface area contributed by atoms with Crippen LogP contribution < -0.4 is 14.9 Å². The Bertz CT molecular complexity index is 1850. The number of ether oxygens (including phenoxy) is 2. The van der Waals surface area contributed by atoms with Crippen molar-refractivity contribution in [1.29, 1.82) is 0 Å². The van der Waals surface area contributed by atoms with Crippen molar-refractivity contribution in [3.05, 3.63) is 116 Å². The Kier molecular flexibility index (Phi) is 6.44. The van der Waals surface area contributed by atoms with Gasteiger partial charge in [0.1, 0.15) is 17.1 Å². The summed E-state index contributed by atoms with van der Waals surface area (Å²) in [6.07, 6.45) is -5.11. The molecular formula is C27H13ClF3NO7. The van der Waals surface area contributed by atoms with E-state index in [0.29, 0.717) is 5.39 Å². The minimum absolute atomic E-state index is 0.00904. The van der Waals surface area contributed by atoms with Crippen molar-refractivity contribution in [2.75, 3.05) is 0 Å². The van der Waals surface area contributed by atoms with Crippen LogP contribution in [0.15, 0.2) is 88.1 Å². The molecule has 1 aromatic heterocycles. The lowest BCUT2D eigenvalue weighted by molar-refractivity contribution is -0.384. The van der Waals surface area contributed by atoms with Gasteiger partial charge in [-0.2, -0.15) is 13.2 Å². The first-order valence-corrected chi connectivity index (χ1v) is 11.4. The number of nitro groups is 1. The van der Waals surface area contributed by atoms with Crippen LogP contribution in [0, 0.1) is 10.1 Å². The maximum atomic E-state index is 13.9. The molecule has 0 spiro atoms. The van der Waals surface area contributed by atoms with Crippen molar-refractivity contribution in [3.8, 4) is 17.2 Å². The molecule has 0 aliphatic heterocycles. The number of carbonyl (C=O) groups is 1. The van der Waals surface area contributed by atoms with Crippen LogP contribution in [-0.2, 0) is 6.18 Å². The number of nitrogens with zero attached hydrogens (tertiary/aromatic N) is 1. The zero-order valence-corrected chi connectivity index (χ0v) is 20.1. The molecule has 0 saturated carbocycles. The van der Waals surface area contributed by atoms with Gasteiger partial charge in [-0.3, -0.25) is 14.9 Å². The van der Waals surface area contributed by atoms with Gasteiger partial charge in [0.25, 0.3) is 11.4 Å². The van der Waals surface area contributed by atoms with Gasteiger partial charge in [0.2, 0.25) is 11.2 Å². The number of carbonyl (C=O) groups excluding carboxylic acids is 1. The first-order valence-electron chi connectivity index (χ1n) is 11.0. The highest BCUT2D eigenvalue weighted by Crippen LogP contribution is 2.39. The molecule has 0 atom stereocenters. The Hall–Kier alpha value is -4.90. The molecule has 0 saturated heterocycles. The number of halogens is 4. The normalized spacial score (nSPS) is 11.5. The van der Waals surface area contributed by atoms with Crippen LogP contribution >= 0.6 is 11.6 Å². The average Bonchev–Trinajstić information content (AvgIpc) is 2.89. The van der Waals surface area contributed by atoms with Gasteiger partial charge in [0, 0.05) is 18.2 Å². The molecule has 8 nitrogen and oxygen atoms in total. The number of alkyl halides is 3. The number of nitro benzene ring substituents is 1. The third kappa shape index (κ3) is 5.12. The van der Waals surface area contributed by atoms with Crippen molar-refractivity contribution in [2.24, 2.45) is 0 Å². The molecule has 196 valence electrons. The SMILES string of the molecule is O=C(Oc1ccc2c(=O)c(Oc3ccc4ccccc4c3)c(C(F)(F)F)oc2c1)c1cc([N+](=O)[O-])ccc1Cl. The lowest BCUT2D eigenvalue weighted by Crippen LogP contribution is -2.15. The van der Waals surface area contributed by atoms with E-state index in [2.05, 4.69) is 0 Å². The van der Waals surface area contributed by atoms with Crippen LogP contribution in [0.3, 0.4) is 0 Å². The second kappa shape index (κ2) is 9.76. The van der Waals surface area contributed by atoms with Crippen LogP contribution in [0.25, 0.3) is 21.7 Å². The summed E-state index contributed by atoms with van der Waals surface area (Å²) >= 11 is 5.94. The van der Waals surface area contributed by atoms with Crippen LogP contribution in [0.4, 0.5) is 18.9 Å². The summed E-state index contributed by atoms with van der Waals surface area (Å²) in [7, 11) is 0. The number of hydrogen-bond acceptors (Lipinski definition) is 7. The maximum Gasteiger partial charge on any atom is 0.453 e. The number of esters is 1. The maximum absolute atomic E-state index is 13.9. The summed E-state index contributed by atoms with van der Waals surface area (Å²) < 4.78 is 57.3. The highest BCUT2D eigenvalue weighted by atomic mass is 35.5. The molecular weight excluding hydrogens is 543 g/mol. The molecule has 5 rings (SSSR count). The van der Waals surface area contributed by atoms with E-state index in [1.54, 1.807) is 24.3 Å². The topological polar surface area (TPSA) is 109 Å². The molecule has 0 aliphatic rings. The smallest absolute Gasteiger partial charge is 0.449 e. The molecule has 0 aliphatic carbocycles. The fourth-order valence-corrected chi connectivity index (χ4v) is 3.99. The summed E-state index contributed by atoms with van der Waals surface area (Å²) in [4.78, 5) is 35.9. The van der Waals surface area contributed by atoms with E-state index < -0.39 is 45.3 Å². The number of hydrogen-bond donors (Lipinski definition) is 0. The van der Waals surface area contributed by atoms with Gasteiger partial charge in [-0.05, 0) is 41.1 Å². The highest BCUT2D eigenvalue weighted by Gasteiger charge is 2.40. The molecule has 0 bridgehead atoms. The van der Waals surface area contributed by atoms with E-state index in [-0.39, 0.29) is 27.5 Å². The minimum atomic E-state index is -5.11. The molecule has 0 unspecified atom stereocenters. The number of rotatable bonds is 5. The third-order valence-electron chi connectivity index (χ3n) is 5.61. The van der Waals surface area contributed by atoms with Crippen LogP contribution in [0.2, 0.25) is 5.02 Å². The van der Waals surface area contributed by atoms with Gasteiger partial charge in [0.15, 0.2) is 0 Å². The summed E-state index contributed by atoms with van der Waals surface area (Å²) in [5.74, 6) is -4.16. The van der Waals surface area contributed by atoms with Gasteiger partial charge in [0.05, 0.1) is 20.9 Å². The van der Waals surface area contributed by atoms with Gasteiger partial charge in [-0.15, -0.1) is 0 Å². The van der Waals surface area contributed by atoms with Crippen LogP contribution in [-0.4, -0.2) is 10.9 Å². The van der Waals surface area contributed by atoms with Crippen molar-refractivity contribution >= 4 is 45.0 Å². The molecule has 12 heteroatoms. The van der Waals surface area contributed by atoms with Gasteiger partial charge >= 0.3 is 12.1 Å². The van der Waals surface area contributed by atoms with Crippen molar-refractivity contribution < 1.29 is 36.8 Å². The van der Waals surface area contributed by atoms with Crippen molar-refractivity contribution in [3.63, 3.8) is 0 Å². The first-order chi connectivity index (χ1) is 18.5. The van der Waals surface area contributed by atoms with Crippen molar-refractivity contribution in [1.82, 2.24) is 0 Å². The zero-order chi connectivity index (χ0) is 27.9. The monoisotopic (exact) mass is 555 g/mol. The molecule has 39 heavy (non-hydrogen) atoms. The summed E-state index contributed by atoms with van der Waals surface area (Å²) in [6.45, 7) is 0. The Balaban J connectivity index is 1.53. The van der Waals surface area contributed by atoms with Gasteiger partial charge in [-0.1, -0.05) is 41.9 Å². The fourth-order valence-electron chi connectivity index (χ4n) is 3.79. The average molecular weight is 556 g/mol. The lowest BCUT2D eigenvalue weighted by Gasteiger charge is -2.14. The molecule has 0 amide bonds. The molecule has 0 radical (unpaired) electrons. The Labute approximate surface area is 220 Å². The van der Waals surface area contributed by atoms with Gasteiger partial charge in [-0.25, -0.2) is 4.79 Å². The van der Waals surface area contributed by atoms with Crippen LogP contribution in [0.5, 0.6) is 17.2 Å². The Morgan fingerprint density at radius 2 is 1.64 bits per heavy atom. The van der Waals surface area contributed by atoms with E-state index in [1.165, 1.54) is 12.1 Å². The first kappa shape index (κ1) is 25.7. The molecule has 5 aromatic rings. The van der Waals surface area contributed by atoms with E-state index >= 15 is 0 Å². The van der Waals surface area contributed by atoms with E-state index in [9.17, 15) is 32.9 Å². The molecule has 4 aromatic carbocycles. The molecule has 1 heterocycles. The number of benzene rings is 4. The predicted octanol–water partition coefficient (Wildman–Crippen LogP) is 7.54. The third-order valence-corrected chi connectivity index (χ3v) is 5.94. The lowest BCUT2D eigenvalue weighted by atomic mass is 10.1. The predicted molar refractivity (Wildman–Crippen MR) is 135 cm³/mol. The summed E-state index contributed by atoms with van der Waals surface area (Å²) in [6, 6.07) is 17.9. The molecule has 0 N–H and O–H groups in total. The minimum Gasteiger partial charge on any atom is -0.449 e. The number of fused-ring (bicyclic) bond motifs is 2. The highest BCUT2D eigenvalue weighted by molar-refractivity contribution is 6.33.